The molecular formula is C16H13FN4O2. The Hall–Kier alpha value is -3.22. The van der Waals surface area contributed by atoms with E-state index in [0.29, 0.717) is 11.3 Å². The van der Waals surface area contributed by atoms with Gasteiger partial charge in [0.25, 0.3) is 5.91 Å². The molecule has 0 aliphatic rings. The molecule has 1 heterocycles. The number of carbonyl (C=O) groups is 1. The lowest BCUT2D eigenvalue weighted by Gasteiger charge is -2.08. The first-order chi connectivity index (χ1) is 11.1. The third-order valence-corrected chi connectivity index (χ3v) is 3.21. The first kappa shape index (κ1) is 14.7. The normalized spacial score (nSPS) is 10.5. The number of halogens is 1. The highest BCUT2D eigenvalue weighted by Gasteiger charge is 2.15. The quantitative estimate of drug-likeness (QED) is 0.756. The maximum Gasteiger partial charge on any atom is 0.271 e. The number of hydrogen-bond donors (Lipinski definition) is 2. The van der Waals surface area contributed by atoms with Crippen molar-refractivity contribution in [2.75, 3.05) is 0 Å². The van der Waals surface area contributed by atoms with Gasteiger partial charge in [-0.25, -0.2) is 4.39 Å². The topological polar surface area (TPSA) is 93.9 Å². The van der Waals surface area contributed by atoms with Gasteiger partial charge in [0.2, 0.25) is 0 Å². The van der Waals surface area contributed by atoms with E-state index in [0.717, 1.165) is 5.56 Å². The Bertz CT molecular complexity index is 847. The molecule has 3 rings (SSSR count). The van der Waals surface area contributed by atoms with Gasteiger partial charge in [0.05, 0.1) is 0 Å². The number of H-pyrrole nitrogens is 1. The summed E-state index contributed by atoms with van der Waals surface area (Å²) in [6.45, 7) is 0.179. The van der Waals surface area contributed by atoms with E-state index in [1.54, 1.807) is 36.4 Å². The lowest BCUT2D eigenvalue weighted by molar-refractivity contribution is 0.0996. The summed E-state index contributed by atoms with van der Waals surface area (Å²) < 4.78 is 19.0. The Kier molecular flexibility index (Phi) is 4.01. The highest BCUT2D eigenvalue weighted by molar-refractivity contribution is 5.96. The van der Waals surface area contributed by atoms with Crippen molar-refractivity contribution >= 4 is 5.91 Å². The van der Waals surface area contributed by atoms with Crippen molar-refractivity contribution in [3.05, 3.63) is 65.6 Å². The monoisotopic (exact) mass is 312 g/mol. The van der Waals surface area contributed by atoms with Gasteiger partial charge in [0.15, 0.2) is 17.3 Å². The molecule has 6 nitrogen and oxygen atoms in total. The number of rotatable bonds is 5. The lowest BCUT2D eigenvalue weighted by atomic mass is 10.1. The molecule has 1 aromatic heterocycles. The highest BCUT2D eigenvalue weighted by atomic mass is 19.1. The molecule has 3 N–H and O–H groups in total. The molecule has 0 saturated carbocycles. The minimum Gasteiger partial charge on any atom is -0.486 e. The number of nitrogens with zero attached hydrogens (tertiary/aromatic N) is 2. The molecule has 0 radical (unpaired) electrons. The van der Waals surface area contributed by atoms with Gasteiger partial charge in [-0.1, -0.05) is 30.3 Å². The largest absolute Gasteiger partial charge is 0.486 e. The van der Waals surface area contributed by atoms with E-state index in [9.17, 15) is 9.18 Å². The number of aromatic amines is 1. The fourth-order valence-corrected chi connectivity index (χ4v) is 2.14. The van der Waals surface area contributed by atoms with Gasteiger partial charge in [-0.2, -0.15) is 15.4 Å². The zero-order valence-corrected chi connectivity index (χ0v) is 12.0. The Balaban J connectivity index is 1.82. The van der Waals surface area contributed by atoms with Crippen LogP contribution in [0.1, 0.15) is 16.1 Å². The molecule has 0 fully saturated rings. The molecule has 0 aliphatic heterocycles. The number of benzene rings is 2. The summed E-state index contributed by atoms with van der Waals surface area (Å²) >= 11 is 0. The fourth-order valence-electron chi connectivity index (χ4n) is 2.14. The summed E-state index contributed by atoms with van der Waals surface area (Å²) in [4.78, 5) is 11.3. The van der Waals surface area contributed by atoms with Crippen LogP contribution in [-0.2, 0) is 6.61 Å². The molecule has 1 amide bonds. The average Bonchev–Trinajstić information content (AvgIpc) is 3.04. The summed E-state index contributed by atoms with van der Waals surface area (Å²) in [6, 6.07) is 13.4. The van der Waals surface area contributed by atoms with Crippen molar-refractivity contribution in [2.24, 2.45) is 5.73 Å². The van der Waals surface area contributed by atoms with Gasteiger partial charge in [-0.15, -0.1) is 0 Å². The second-order valence-corrected chi connectivity index (χ2v) is 4.80. The molecule has 116 valence electrons. The predicted molar refractivity (Wildman–Crippen MR) is 81.1 cm³/mol. The first-order valence-corrected chi connectivity index (χ1v) is 6.82. The second kappa shape index (κ2) is 6.27. The number of ether oxygens (including phenoxy) is 1. The molecule has 2 aromatic carbocycles. The molecule has 0 atom stereocenters. The Morgan fingerprint density at radius 3 is 2.78 bits per heavy atom. The van der Waals surface area contributed by atoms with Crippen LogP contribution < -0.4 is 10.5 Å². The molecular weight excluding hydrogens is 299 g/mol. The third kappa shape index (κ3) is 3.18. The summed E-state index contributed by atoms with van der Waals surface area (Å²) in [5, 5.41) is 10.1. The van der Waals surface area contributed by atoms with Crippen molar-refractivity contribution in [3.63, 3.8) is 0 Å². The SMILES string of the molecule is NC(=O)c1n[nH]nc1-c1cccc(COc2ccccc2F)c1. The van der Waals surface area contributed by atoms with Crippen LogP contribution >= 0.6 is 0 Å². The van der Waals surface area contributed by atoms with E-state index in [4.69, 9.17) is 10.5 Å². The highest BCUT2D eigenvalue weighted by Crippen LogP contribution is 2.22. The molecule has 0 unspecified atom stereocenters. The standard InChI is InChI=1S/C16H13FN4O2/c17-12-6-1-2-7-13(12)23-9-10-4-3-5-11(8-10)14-15(16(18)22)20-21-19-14/h1-8H,9H2,(H2,18,22)(H,19,20,21). The lowest BCUT2D eigenvalue weighted by Crippen LogP contribution is -2.12. The van der Waals surface area contributed by atoms with E-state index in [1.807, 2.05) is 6.07 Å². The zero-order valence-electron chi connectivity index (χ0n) is 12.0. The number of amides is 1. The van der Waals surface area contributed by atoms with Crippen molar-refractivity contribution < 1.29 is 13.9 Å². The Morgan fingerprint density at radius 1 is 1.17 bits per heavy atom. The van der Waals surface area contributed by atoms with Crippen molar-refractivity contribution in [1.29, 1.82) is 0 Å². The van der Waals surface area contributed by atoms with Crippen LogP contribution in [0.2, 0.25) is 0 Å². The number of primary amides is 1. The minimum atomic E-state index is -0.665. The number of carbonyl (C=O) groups excluding carboxylic acids is 1. The van der Waals surface area contributed by atoms with Gasteiger partial charge in [0.1, 0.15) is 12.3 Å². The number of para-hydroxylation sites is 1. The molecule has 0 bridgehead atoms. The van der Waals surface area contributed by atoms with Crippen LogP contribution in [0.5, 0.6) is 5.75 Å². The fraction of sp³-hybridized carbons (Fsp3) is 0.0625. The van der Waals surface area contributed by atoms with Crippen molar-refractivity contribution in [1.82, 2.24) is 15.4 Å². The van der Waals surface area contributed by atoms with Crippen LogP contribution in [0.15, 0.2) is 48.5 Å². The Labute approximate surface area is 131 Å². The van der Waals surface area contributed by atoms with Gasteiger partial charge in [-0.3, -0.25) is 4.79 Å². The maximum absolute atomic E-state index is 13.5. The van der Waals surface area contributed by atoms with E-state index in [2.05, 4.69) is 15.4 Å². The van der Waals surface area contributed by atoms with Gasteiger partial charge >= 0.3 is 0 Å². The maximum atomic E-state index is 13.5. The van der Waals surface area contributed by atoms with E-state index >= 15 is 0 Å². The number of nitrogens with one attached hydrogen (secondary N) is 1. The molecule has 0 saturated heterocycles. The van der Waals surface area contributed by atoms with Crippen LogP contribution in [0, 0.1) is 5.82 Å². The number of hydrogen-bond acceptors (Lipinski definition) is 4. The molecule has 3 aromatic rings. The molecule has 0 spiro atoms. The smallest absolute Gasteiger partial charge is 0.271 e. The Morgan fingerprint density at radius 2 is 2.00 bits per heavy atom. The van der Waals surface area contributed by atoms with Gasteiger partial charge < -0.3 is 10.5 Å². The van der Waals surface area contributed by atoms with Crippen LogP contribution in [-0.4, -0.2) is 21.3 Å². The number of nitrogens with two attached hydrogens (primary N) is 1. The molecule has 23 heavy (non-hydrogen) atoms. The third-order valence-electron chi connectivity index (χ3n) is 3.21. The summed E-state index contributed by atoms with van der Waals surface area (Å²) in [6.07, 6.45) is 0. The molecule has 7 heteroatoms. The minimum absolute atomic E-state index is 0.0668. The predicted octanol–water partition coefficient (Wildman–Crippen LogP) is 2.29. The van der Waals surface area contributed by atoms with E-state index < -0.39 is 11.7 Å². The van der Waals surface area contributed by atoms with Gasteiger partial charge in [-0.05, 0) is 23.8 Å². The number of aromatic nitrogens is 3. The second-order valence-electron chi connectivity index (χ2n) is 4.80. The van der Waals surface area contributed by atoms with E-state index in [-0.39, 0.29) is 18.1 Å². The van der Waals surface area contributed by atoms with Crippen molar-refractivity contribution in [2.45, 2.75) is 6.61 Å². The average molecular weight is 312 g/mol. The summed E-state index contributed by atoms with van der Waals surface area (Å²) in [7, 11) is 0. The summed E-state index contributed by atoms with van der Waals surface area (Å²) in [5.41, 5.74) is 7.15. The first-order valence-electron chi connectivity index (χ1n) is 6.82. The summed E-state index contributed by atoms with van der Waals surface area (Å²) in [5.74, 6) is -0.907. The van der Waals surface area contributed by atoms with Crippen LogP contribution in [0.3, 0.4) is 0 Å². The van der Waals surface area contributed by atoms with Gasteiger partial charge in [0, 0.05) is 5.56 Å². The van der Waals surface area contributed by atoms with E-state index in [1.165, 1.54) is 6.07 Å². The van der Waals surface area contributed by atoms with Crippen LogP contribution in [0.4, 0.5) is 4.39 Å². The van der Waals surface area contributed by atoms with Crippen molar-refractivity contribution in [3.8, 4) is 17.0 Å². The zero-order chi connectivity index (χ0) is 16.2. The molecule has 0 aliphatic carbocycles. The van der Waals surface area contributed by atoms with Crippen LogP contribution in [0.25, 0.3) is 11.3 Å².